The molecule has 0 N–H and O–H groups in total. The zero-order chi connectivity index (χ0) is 32.9. The fourth-order valence-electron chi connectivity index (χ4n) is 6.95. The maximum Gasteiger partial charge on any atom is 0.138 e. The minimum atomic E-state index is 0.703. The SMILES string of the molecule is Cc1cccc(C)c1-c1ccnc(-n2c3ccccc3c3ccc(Oc4cccc(N5ON(c6ccccc6)c6ccccc65)c4)cc32)c1. The van der Waals surface area contributed by atoms with Crippen LogP contribution in [0.25, 0.3) is 38.8 Å². The molecule has 0 unspecified atom stereocenters. The van der Waals surface area contributed by atoms with Crippen molar-refractivity contribution in [1.29, 1.82) is 0 Å². The third kappa shape index (κ3) is 4.98. The Hall–Kier alpha value is -6.37. The Morgan fingerprint density at radius 3 is 2.00 bits per heavy atom. The molecule has 1 aliphatic rings. The quantitative estimate of drug-likeness (QED) is 0.182. The van der Waals surface area contributed by atoms with Crippen LogP contribution in [0.15, 0.2) is 158 Å². The van der Waals surface area contributed by atoms with Crippen LogP contribution in [-0.2, 0) is 4.94 Å². The number of ether oxygens (including phenoxy) is 1. The van der Waals surface area contributed by atoms with E-state index in [1.807, 2.05) is 89.1 Å². The molecular weight excluding hydrogens is 604 g/mol. The first kappa shape index (κ1) is 28.8. The van der Waals surface area contributed by atoms with E-state index in [9.17, 15) is 0 Å². The number of hydrogen-bond acceptors (Lipinski definition) is 5. The third-order valence-corrected chi connectivity index (χ3v) is 9.15. The minimum absolute atomic E-state index is 0.703. The van der Waals surface area contributed by atoms with Crippen LogP contribution in [0.2, 0.25) is 0 Å². The summed E-state index contributed by atoms with van der Waals surface area (Å²) < 4.78 is 8.80. The first-order chi connectivity index (χ1) is 24.1. The molecule has 1 aliphatic heterocycles. The first-order valence-electron chi connectivity index (χ1n) is 16.4. The highest BCUT2D eigenvalue weighted by molar-refractivity contribution is 6.09. The Kier molecular flexibility index (Phi) is 6.88. The molecule has 0 bridgehead atoms. The first-order valence-corrected chi connectivity index (χ1v) is 16.4. The zero-order valence-corrected chi connectivity index (χ0v) is 27.1. The second kappa shape index (κ2) is 11.7. The van der Waals surface area contributed by atoms with E-state index in [0.717, 1.165) is 61.7 Å². The molecule has 0 saturated heterocycles. The van der Waals surface area contributed by atoms with Crippen LogP contribution in [0, 0.1) is 13.8 Å². The van der Waals surface area contributed by atoms with Gasteiger partial charge in [0.15, 0.2) is 0 Å². The highest BCUT2D eigenvalue weighted by Gasteiger charge is 2.30. The van der Waals surface area contributed by atoms with Crippen LogP contribution in [-0.4, -0.2) is 9.55 Å². The third-order valence-electron chi connectivity index (χ3n) is 9.15. The number of fused-ring (bicyclic) bond motifs is 4. The Bertz CT molecular complexity index is 2480. The molecule has 6 heteroatoms. The van der Waals surface area contributed by atoms with Gasteiger partial charge < -0.3 is 4.74 Å². The molecule has 0 aliphatic carbocycles. The fraction of sp³-hybridized carbons (Fsp3) is 0.0465. The molecule has 0 atom stereocenters. The van der Waals surface area contributed by atoms with Crippen LogP contribution in [0.1, 0.15) is 11.1 Å². The van der Waals surface area contributed by atoms with Gasteiger partial charge in [0.1, 0.15) is 17.3 Å². The highest BCUT2D eigenvalue weighted by Crippen LogP contribution is 2.45. The molecule has 6 aromatic carbocycles. The summed E-state index contributed by atoms with van der Waals surface area (Å²) in [5, 5.41) is 5.99. The van der Waals surface area contributed by atoms with Gasteiger partial charge in [0.25, 0.3) is 0 Å². The lowest BCUT2D eigenvalue weighted by Gasteiger charge is -2.20. The van der Waals surface area contributed by atoms with Crippen molar-refractivity contribution >= 4 is 44.6 Å². The number of hydrogen-bond donors (Lipinski definition) is 0. The van der Waals surface area contributed by atoms with Crippen molar-refractivity contribution < 1.29 is 9.68 Å². The van der Waals surface area contributed by atoms with E-state index < -0.39 is 0 Å². The number of anilines is 4. The van der Waals surface area contributed by atoms with Gasteiger partial charge in [0, 0.05) is 29.1 Å². The molecule has 0 fully saturated rings. The molecule has 3 heterocycles. The summed E-state index contributed by atoms with van der Waals surface area (Å²) in [6.07, 6.45) is 1.90. The number of aryl methyl sites for hydroxylation is 2. The summed E-state index contributed by atoms with van der Waals surface area (Å²) in [4.78, 5) is 11.3. The van der Waals surface area contributed by atoms with Crippen molar-refractivity contribution in [3.63, 3.8) is 0 Å². The lowest BCUT2D eigenvalue weighted by atomic mass is 9.96. The lowest BCUT2D eigenvalue weighted by Crippen LogP contribution is -2.20. The second-order valence-electron chi connectivity index (χ2n) is 12.3. The van der Waals surface area contributed by atoms with Crippen molar-refractivity contribution in [2.45, 2.75) is 13.8 Å². The number of benzene rings is 6. The summed E-state index contributed by atoms with van der Waals surface area (Å²) in [5.74, 6) is 2.29. The predicted octanol–water partition coefficient (Wildman–Crippen LogP) is 11.4. The number of aromatic nitrogens is 2. The van der Waals surface area contributed by atoms with Crippen LogP contribution >= 0.6 is 0 Å². The topological polar surface area (TPSA) is 42.8 Å². The van der Waals surface area contributed by atoms with E-state index in [2.05, 4.69) is 97.3 Å². The maximum atomic E-state index is 6.57. The molecule has 6 nitrogen and oxygen atoms in total. The summed E-state index contributed by atoms with van der Waals surface area (Å²) in [6.45, 7) is 4.32. The monoisotopic (exact) mass is 636 g/mol. The molecule has 0 saturated carbocycles. The predicted molar refractivity (Wildman–Crippen MR) is 198 cm³/mol. The van der Waals surface area contributed by atoms with E-state index in [4.69, 9.17) is 14.7 Å². The van der Waals surface area contributed by atoms with E-state index in [1.165, 1.54) is 16.7 Å². The van der Waals surface area contributed by atoms with Gasteiger partial charge in [-0.3, -0.25) is 4.57 Å². The molecule has 0 amide bonds. The van der Waals surface area contributed by atoms with Gasteiger partial charge in [-0.05, 0) is 103 Å². The maximum absolute atomic E-state index is 6.57. The van der Waals surface area contributed by atoms with Crippen molar-refractivity contribution in [2.75, 3.05) is 10.1 Å². The van der Waals surface area contributed by atoms with Gasteiger partial charge in [-0.15, -0.1) is 4.94 Å². The average Bonchev–Trinajstić information content (AvgIpc) is 3.68. The number of nitrogens with zero attached hydrogens (tertiary/aromatic N) is 4. The average molecular weight is 637 g/mol. The minimum Gasteiger partial charge on any atom is -0.457 e. The van der Waals surface area contributed by atoms with Crippen LogP contribution in [0.5, 0.6) is 11.5 Å². The molecule has 0 radical (unpaired) electrons. The van der Waals surface area contributed by atoms with Gasteiger partial charge in [0.05, 0.1) is 33.8 Å². The van der Waals surface area contributed by atoms with Gasteiger partial charge in [0.2, 0.25) is 0 Å². The molecule has 8 aromatic rings. The summed E-state index contributed by atoms with van der Waals surface area (Å²) in [7, 11) is 0. The van der Waals surface area contributed by atoms with Crippen LogP contribution in [0.3, 0.4) is 0 Å². The molecule has 9 rings (SSSR count). The molecule has 0 spiro atoms. The summed E-state index contributed by atoms with van der Waals surface area (Å²) in [6, 6.07) is 51.7. The van der Waals surface area contributed by atoms with E-state index >= 15 is 0 Å². The van der Waals surface area contributed by atoms with E-state index in [0.29, 0.717) is 5.75 Å². The van der Waals surface area contributed by atoms with Crippen molar-refractivity contribution in [3.8, 4) is 28.4 Å². The molecular formula is C43H32N4O2. The van der Waals surface area contributed by atoms with Crippen molar-refractivity contribution in [1.82, 2.24) is 9.55 Å². The number of pyridine rings is 1. The highest BCUT2D eigenvalue weighted by atomic mass is 16.8. The van der Waals surface area contributed by atoms with Gasteiger partial charge in [-0.25, -0.2) is 4.98 Å². The van der Waals surface area contributed by atoms with Crippen LogP contribution in [0.4, 0.5) is 22.7 Å². The largest absolute Gasteiger partial charge is 0.457 e. The Balaban J connectivity index is 1.09. The molecule has 49 heavy (non-hydrogen) atoms. The van der Waals surface area contributed by atoms with Crippen molar-refractivity contribution in [3.05, 3.63) is 169 Å². The Morgan fingerprint density at radius 1 is 0.531 bits per heavy atom. The Labute approximate surface area is 284 Å². The van der Waals surface area contributed by atoms with Crippen LogP contribution < -0.4 is 14.9 Å². The normalized spacial score (nSPS) is 12.5. The second-order valence-corrected chi connectivity index (χ2v) is 12.3. The smallest absolute Gasteiger partial charge is 0.138 e. The lowest BCUT2D eigenvalue weighted by molar-refractivity contribution is 0.156. The number of para-hydroxylation sites is 4. The summed E-state index contributed by atoms with van der Waals surface area (Å²) in [5.41, 5.74) is 10.7. The van der Waals surface area contributed by atoms with Gasteiger partial charge in [-0.1, -0.05) is 72.8 Å². The zero-order valence-electron chi connectivity index (χ0n) is 27.1. The Morgan fingerprint density at radius 2 is 1.18 bits per heavy atom. The van der Waals surface area contributed by atoms with E-state index in [1.54, 1.807) is 0 Å². The standard InChI is InChI=1S/C43H32N4O2/c1-29-12-10-13-30(2)43(29)31-24-25-44-42(26-31)45-38-19-7-6-18-36(38)37-23-22-35(28-41(37)45)48-34-17-11-16-33(27-34)47-40-21-9-8-20-39(40)46(49-47)32-14-4-3-5-15-32/h3-28H,1-2H3. The van der Waals surface area contributed by atoms with Gasteiger partial charge >= 0.3 is 0 Å². The van der Waals surface area contributed by atoms with Gasteiger partial charge in [-0.2, -0.15) is 10.1 Å². The fourth-order valence-corrected chi connectivity index (χ4v) is 6.95. The summed E-state index contributed by atoms with van der Waals surface area (Å²) >= 11 is 0. The number of rotatable bonds is 6. The molecule has 236 valence electrons. The van der Waals surface area contributed by atoms with Crippen molar-refractivity contribution in [2.24, 2.45) is 0 Å². The molecule has 2 aromatic heterocycles. The van der Waals surface area contributed by atoms with E-state index in [-0.39, 0.29) is 0 Å².